The molecular weight excluding hydrogens is 362 g/mol. The lowest BCUT2D eigenvalue weighted by Crippen LogP contribution is -2.27. The quantitative estimate of drug-likeness (QED) is 0.660. The standard InChI is InChI=1S/C24H25N3O2/c28-24(22-9-6-14-25-23(22)27-15-4-5-16-27)26-17-19-10-12-21(13-11-19)29-18-20-7-2-1-3-8-20/h1-3,6-14H,4-5,15-18H2,(H,26,28). The zero-order chi connectivity index (χ0) is 19.9. The molecule has 0 radical (unpaired) electrons. The molecule has 0 saturated carbocycles. The molecule has 29 heavy (non-hydrogen) atoms. The monoisotopic (exact) mass is 387 g/mol. The molecule has 1 N–H and O–H groups in total. The van der Waals surface area contributed by atoms with Crippen molar-refractivity contribution in [2.45, 2.75) is 26.0 Å². The minimum atomic E-state index is -0.0931. The summed E-state index contributed by atoms with van der Waals surface area (Å²) in [4.78, 5) is 19.4. The summed E-state index contributed by atoms with van der Waals surface area (Å²) in [6.07, 6.45) is 4.05. The van der Waals surface area contributed by atoms with E-state index in [4.69, 9.17) is 4.74 Å². The first-order valence-corrected chi connectivity index (χ1v) is 10.0. The lowest BCUT2D eigenvalue weighted by Gasteiger charge is -2.19. The van der Waals surface area contributed by atoms with Crippen LogP contribution in [0.4, 0.5) is 5.82 Å². The molecule has 1 amide bonds. The summed E-state index contributed by atoms with van der Waals surface area (Å²) in [5.41, 5.74) is 2.79. The van der Waals surface area contributed by atoms with E-state index in [1.54, 1.807) is 6.20 Å². The van der Waals surface area contributed by atoms with Crippen LogP contribution in [0.15, 0.2) is 72.9 Å². The smallest absolute Gasteiger partial charge is 0.255 e. The molecule has 1 saturated heterocycles. The van der Waals surface area contributed by atoms with Crippen LogP contribution in [-0.2, 0) is 13.2 Å². The highest BCUT2D eigenvalue weighted by Gasteiger charge is 2.20. The van der Waals surface area contributed by atoms with Crippen molar-refractivity contribution in [2.24, 2.45) is 0 Å². The Morgan fingerprint density at radius 1 is 0.931 bits per heavy atom. The molecule has 0 aliphatic carbocycles. The van der Waals surface area contributed by atoms with E-state index in [9.17, 15) is 4.79 Å². The Balaban J connectivity index is 1.33. The molecule has 5 heteroatoms. The summed E-state index contributed by atoms with van der Waals surface area (Å²) in [7, 11) is 0. The van der Waals surface area contributed by atoms with E-state index in [1.807, 2.05) is 66.7 Å². The van der Waals surface area contributed by atoms with E-state index in [-0.39, 0.29) is 5.91 Å². The second kappa shape index (κ2) is 9.24. The number of anilines is 1. The van der Waals surface area contributed by atoms with Crippen LogP contribution in [0.5, 0.6) is 5.75 Å². The number of nitrogens with one attached hydrogen (secondary N) is 1. The number of aromatic nitrogens is 1. The molecule has 2 aromatic carbocycles. The molecule has 0 bridgehead atoms. The minimum Gasteiger partial charge on any atom is -0.489 e. The maximum absolute atomic E-state index is 12.7. The zero-order valence-corrected chi connectivity index (χ0v) is 16.4. The van der Waals surface area contributed by atoms with Gasteiger partial charge in [0.1, 0.15) is 18.2 Å². The van der Waals surface area contributed by atoms with Crippen LogP contribution >= 0.6 is 0 Å². The summed E-state index contributed by atoms with van der Waals surface area (Å²) in [5.74, 6) is 1.50. The highest BCUT2D eigenvalue weighted by atomic mass is 16.5. The van der Waals surface area contributed by atoms with Crippen LogP contribution in [0.3, 0.4) is 0 Å². The Labute approximate surface area is 171 Å². The summed E-state index contributed by atoms with van der Waals surface area (Å²) in [6, 6.07) is 21.6. The maximum atomic E-state index is 12.7. The number of nitrogens with zero attached hydrogens (tertiary/aromatic N) is 2. The zero-order valence-electron chi connectivity index (χ0n) is 16.4. The Morgan fingerprint density at radius 2 is 1.69 bits per heavy atom. The van der Waals surface area contributed by atoms with Crippen molar-refractivity contribution in [3.63, 3.8) is 0 Å². The van der Waals surface area contributed by atoms with Crippen molar-refractivity contribution in [3.8, 4) is 5.75 Å². The molecule has 0 atom stereocenters. The fraction of sp³-hybridized carbons (Fsp3) is 0.250. The molecule has 1 aliphatic heterocycles. The summed E-state index contributed by atoms with van der Waals surface area (Å²) in [5, 5.41) is 3.01. The maximum Gasteiger partial charge on any atom is 0.255 e. The van der Waals surface area contributed by atoms with Gasteiger partial charge in [0.2, 0.25) is 0 Å². The largest absolute Gasteiger partial charge is 0.489 e. The van der Waals surface area contributed by atoms with Crippen molar-refractivity contribution < 1.29 is 9.53 Å². The predicted octanol–water partition coefficient (Wildman–Crippen LogP) is 4.19. The van der Waals surface area contributed by atoms with Crippen molar-refractivity contribution in [1.82, 2.24) is 10.3 Å². The minimum absolute atomic E-state index is 0.0931. The van der Waals surface area contributed by atoms with Gasteiger partial charge in [0.05, 0.1) is 5.56 Å². The average molecular weight is 387 g/mol. The normalized spacial score (nSPS) is 13.3. The van der Waals surface area contributed by atoms with Gasteiger partial charge in [-0.05, 0) is 48.2 Å². The highest BCUT2D eigenvalue weighted by Crippen LogP contribution is 2.22. The van der Waals surface area contributed by atoms with Gasteiger partial charge in [-0.1, -0.05) is 42.5 Å². The van der Waals surface area contributed by atoms with Gasteiger partial charge in [-0.2, -0.15) is 0 Å². The van der Waals surface area contributed by atoms with E-state index >= 15 is 0 Å². The van der Waals surface area contributed by atoms with Gasteiger partial charge < -0.3 is 15.0 Å². The third-order valence-corrected chi connectivity index (χ3v) is 5.06. The molecular formula is C24H25N3O2. The van der Waals surface area contributed by atoms with Crippen LogP contribution < -0.4 is 15.0 Å². The molecule has 148 valence electrons. The van der Waals surface area contributed by atoms with Crippen molar-refractivity contribution in [1.29, 1.82) is 0 Å². The number of rotatable bonds is 7. The van der Waals surface area contributed by atoms with Crippen LogP contribution in [-0.4, -0.2) is 24.0 Å². The number of hydrogen-bond acceptors (Lipinski definition) is 4. The molecule has 0 spiro atoms. The fourth-order valence-corrected chi connectivity index (χ4v) is 3.48. The molecule has 2 heterocycles. The number of carbonyl (C=O) groups is 1. The van der Waals surface area contributed by atoms with Crippen LogP contribution in [0.2, 0.25) is 0 Å². The van der Waals surface area contributed by atoms with Crippen LogP contribution in [0.1, 0.15) is 34.3 Å². The van der Waals surface area contributed by atoms with Gasteiger partial charge in [0, 0.05) is 25.8 Å². The van der Waals surface area contributed by atoms with Gasteiger partial charge in [-0.3, -0.25) is 4.79 Å². The van der Waals surface area contributed by atoms with Crippen LogP contribution in [0.25, 0.3) is 0 Å². The second-order valence-electron chi connectivity index (χ2n) is 7.17. The van der Waals surface area contributed by atoms with Gasteiger partial charge in [-0.15, -0.1) is 0 Å². The van der Waals surface area contributed by atoms with Gasteiger partial charge >= 0.3 is 0 Å². The van der Waals surface area contributed by atoms with Crippen molar-refractivity contribution in [2.75, 3.05) is 18.0 Å². The number of benzene rings is 2. The van der Waals surface area contributed by atoms with E-state index in [2.05, 4.69) is 15.2 Å². The Hall–Kier alpha value is -3.34. The highest BCUT2D eigenvalue weighted by molar-refractivity contribution is 5.98. The number of amides is 1. The first kappa shape index (κ1) is 19.0. The lowest BCUT2D eigenvalue weighted by molar-refractivity contribution is 0.0951. The lowest BCUT2D eigenvalue weighted by atomic mass is 10.2. The van der Waals surface area contributed by atoms with Gasteiger partial charge in [0.15, 0.2) is 0 Å². The first-order valence-electron chi connectivity index (χ1n) is 10.0. The van der Waals surface area contributed by atoms with Gasteiger partial charge in [-0.25, -0.2) is 4.98 Å². The number of carbonyl (C=O) groups excluding carboxylic acids is 1. The van der Waals surface area contributed by atoms with Crippen molar-refractivity contribution >= 4 is 11.7 Å². The van der Waals surface area contributed by atoms with Gasteiger partial charge in [0.25, 0.3) is 5.91 Å². The van der Waals surface area contributed by atoms with E-state index < -0.39 is 0 Å². The van der Waals surface area contributed by atoms with E-state index in [1.165, 1.54) is 0 Å². The van der Waals surface area contributed by atoms with Crippen molar-refractivity contribution in [3.05, 3.63) is 89.6 Å². The summed E-state index contributed by atoms with van der Waals surface area (Å²) >= 11 is 0. The molecule has 4 rings (SSSR count). The Bertz CT molecular complexity index is 936. The topological polar surface area (TPSA) is 54.5 Å². The number of pyridine rings is 1. The molecule has 1 aromatic heterocycles. The molecule has 1 fully saturated rings. The third kappa shape index (κ3) is 4.93. The Morgan fingerprint density at radius 3 is 2.45 bits per heavy atom. The Kier molecular flexibility index (Phi) is 6.05. The molecule has 1 aliphatic rings. The number of ether oxygens (including phenoxy) is 1. The molecule has 0 unspecified atom stereocenters. The number of hydrogen-bond donors (Lipinski definition) is 1. The fourth-order valence-electron chi connectivity index (χ4n) is 3.48. The van der Waals surface area contributed by atoms with E-state index in [0.717, 1.165) is 48.6 Å². The van der Waals surface area contributed by atoms with Crippen LogP contribution in [0, 0.1) is 0 Å². The summed E-state index contributed by atoms with van der Waals surface area (Å²) in [6.45, 7) is 2.92. The first-order chi connectivity index (χ1) is 14.3. The molecule has 5 nitrogen and oxygen atoms in total. The second-order valence-corrected chi connectivity index (χ2v) is 7.17. The third-order valence-electron chi connectivity index (χ3n) is 5.06. The predicted molar refractivity (Wildman–Crippen MR) is 114 cm³/mol. The van der Waals surface area contributed by atoms with E-state index in [0.29, 0.717) is 18.7 Å². The SMILES string of the molecule is O=C(NCc1ccc(OCc2ccccc2)cc1)c1cccnc1N1CCCC1. The summed E-state index contributed by atoms with van der Waals surface area (Å²) < 4.78 is 5.81. The molecule has 3 aromatic rings. The average Bonchev–Trinajstić information content (AvgIpc) is 3.32.